The van der Waals surface area contributed by atoms with Crippen LogP contribution in [-0.2, 0) is 6.42 Å². The van der Waals surface area contributed by atoms with E-state index in [2.05, 4.69) is 13.0 Å². The molecule has 0 saturated heterocycles. The van der Waals surface area contributed by atoms with Crippen LogP contribution in [0, 0.1) is 0 Å². The molecule has 0 aliphatic carbocycles. The molecule has 0 aromatic heterocycles. The summed E-state index contributed by atoms with van der Waals surface area (Å²) in [7, 11) is 0. The molecule has 2 heterocycles. The van der Waals surface area contributed by atoms with Crippen LogP contribution in [-0.4, -0.2) is 25.2 Å². The molecule has 4 nitrogen and oxygen atoms in total. The van der Waals surface area contributed by atoms with Crippen LogP contribution in [0.1, 0.15) is 22.8 Å². The molecule has 1 atom stereocenters. The fourth-order valence-electron chi connectivity index (χ4n) is 3.19. The first-order valence-corrected chi connectivity index (χ1v) is 7.55. The first kappa shape index (κ1) is 13.2. The number of hydrogen-bond acceptors (Lipinski definition) is 3. The molecular weight excluding hydrogens is 278 g/mol. The van der Waals surface area contributed by atoms with E-state index in [0.29, 0.717) is 30.3 Å². The van der Waals surface area contributed by atoms with Gasteiger partial charge < -0.3 is 14.4 Å². The molecule has 0 radical (unpaired) electrons. The summed E-state index contributed by atoms with van der Waals surface area (Å²) >= 11 is 0. The summed E-state index contributed by atoms with van der Waals surface area (Å²) in [6.45, 7) is 3.15. The number of nitrogens with zero attached hydrogens (tertiary/aromatic N) is 1. The van der Waals surface area contributed by atoms with Gasteiger partial charge in [0.1, 0.15) is 13.2 Å². The highest BCUT2D eigenvalue weighted by Gasteiger charge is 2.31. The Hall–Kier alpha value is -2.49. The van der Waals surface area contributed by atoms with Crippen molar-refractivity contribution in [3.63, 3.8) is 0 Å². The topological polar surface area (TPSA) is 38.8 Å². The molecule has 0 N–H and O–H groups in total. The lowest BCUT2D eigenvalue weighted by atomic mass is 10.1. The Labute approximate surface area is 129 Å². The Morgan fingerprint density at radius 1 is 1.09 bits per heavy atom. The monoisotopic (exact) mass is 295 g/mol. The number of carbonyl (C=O) groups excluding carboxylic acids is 1. The predicted octanol–water partition coefficient (Wildman–Crippen LogP) is 3.05. The highest BCUT2D eigenvalue weighted by molar-refractivity contribution is 6.08. The van der Waals surface area contributed by atoms with E-state index in [1.807, 2.05) is 35.2 Å². The summed E-state index contributed by atoms with van der Waals surface area (Å²) in [6, 6.07) is 13.7. The Morgan fingerprint density at radius 3 is 2.73 bits per heavy atom. The second-order valence-electron chi connectivity index (χ2n) is 5.72. The van der Waals surface area contributed by atoms with E-state index in [1.165, 1.54) is 5.56 Å². The van der Waals surface area contributed by atoms with Gasteiger partial charge in [0.25, 0.3) is 5.91 Å². The van der Waals surface area contributed by atoms with Crippen molar-refractivity contribution in [2.45, 2.75) is 19.4 Å². The summed E-state index contributed by atoms with van der Waals surface area (Å²) in [5.74, 6) is 1.37. The normalized spacial score (nSPS) is 19.0. The van der Waals surface area contributed by atoms with Crippen LogP contribution in [0.4, 0.5) is 5.69 Å². The molecule has 22 heavy (non-hydrogen) atoms. The van der Waals surface area contributed by atoms with Crippen LogP contribution in [0.15, 0.2) is 42.5 Å². The van der Waals surface area contributed by atoms with Gasteiger partial charge in [-0.2, -0.15) is 0 Å². The molecule has 112 valence electrons. The molecule has 4 rings (SSSR count). The lowest BCUT2D eigenvalue weighted by Crippen LogP contribution is -2.35. The maximum absolute atomic E-state index is 12.9. The average molecular weight is 295 g/mol. The Balaban J connectivity index is 1.70. The van der Waals surface area contributed by atoms with E-state index in [1.54, 1.807) is 6.07 Å². The molecule has 4 heteroatoms. The molecular formula is C18H17NO3. The first-order valence-electron chi connectivity index (χ1n) is 7.55. The van der Waals surface area contributed by atoms with Gasteiger partial charge in [0.2, 0.25) is 0 Å². The molecule has 2 aromatic carbocycles. The van der Waals surface area contributed by atoms with Crippen LogP contribution in [0.25, 0.3) is 0 Å². The van der Waals surface area contributed by atoms with Crippen LogP contribution in [0.3, 0.4) is 0 Å². The largest absolute Gasteiger partial charge is 0.486 e. The smallest absolute Gasteiger partial charge is 0.258 e. The fourth-order valence-corrected chi connectivity index (χ4v) is 3.19. The second-order valence-corrected chi connectivity index (χ2v) is 5.72. The molecule has 2 aliphatic heterocycles. The molecule has 2 aliphatic rings. The van der Waals surface area contributed by atoms with Crippen molar-refractivity contribution >= 4 is 11.6 Å². The number of rotatable bonds is 1. The molecule has 0 unspecified atom stereocenters. The van der Waals surface area contributed by atoms with Gasteiger partial charge >= 0.3 is 0 Å². The van der Waals surface area contributed by atoms with Gasteiger partial charge in [-0.25, -0.2) is 0 Å². The standard InChI is InChI=1S/C18H17NO3/c1-12-10-13-4-2-3-5-15(13)19(12)18(20)14-6-7-16-17(11-14)22-9-8-21-16/h2-7,11-12H,8-10H2,1H3/t12-/m1/s1. The SMILES string of the molecule is C[C@@H]1Cc2ccccc2N1C(=O)c1ccc2c(c1)OCCO2. The van der Waals surface area contributed by atoms with Crippen LogP contribution >= 0.6 is 0 Å². The van der Waals surface area contributed by atoms with Crippen molar-refractivity contribution in [3.8, 4) is 11.5 Å². The average Bonchev–Trinajstić information content (AvgIpc) is 2.89. The van der Waals surface area contributed by atoms with E-state index in [0.717, 1.165) is 12.1 Å². The number of benzene rings is 2. The number of anilines is 1. The number of ether oxygens (including phenoxy) is 2. The molecule has 0 bridgehead atoms. The van der Waals surface area contributed by atoms with Gasteiger partial charge in [-0.05, 0) is 43.2 Å². The highest BCUT2D eigenvalue weighted by Crippen LogP contribution is 2.35. The Kier molecular flexibility index (Phi) is 3.03. The quantitative estimate of drug-likeness (QED) is 0.811. The highest BCUT2D eigenvalue weighted by atomic mass is 16.6. The van der Waals surface area contributed by atoms with Crippen molar-refractivity contribution < 1.29 is 14.3 Å². The minimum atomic E-state index is 0.00873. The fraction of sp³-hybridized carbons (Fsp3) is 0.278. The van der Waals surface area contributed by atoms with E-state index >= 15 is 0 Å². The minimum Gasteiger partial charge on any atom is -0.486 e. The minimum absolute atomic E-state index is 0.00873. The number of hydrogen-bond donors (Lipinski definition) is 0. The van der Waals surface area contributed by atoms with Gasteiger partial charge in [-0.15, -0.1) is 0 Å². The van der Waals surface area contributed by atoms with Crippen molar-refractivity contribution in [1.82, 2.24) is 0 Å². The predicted molar refractivity (Wildman–Crippen MR) is 83.8 cm³/mol. The molecule has 0 fully saturated rings. The zero-order chi connectivity index (χ0) is 15.1. The van der Waals surface area contributed by atoms with Crippen LogP contribution in [0.5, 0.6) is 11.5 Å². The summed E-state index contributed by atoms with van der Waals surface area (Å²) in [4.78, 5) is 14.8. The van der Waals surface area contributed by atoms with Gasteiger partial charge in [-0.1, -0.05) is 18.2 Å². The van der Waals surface area contributed by atoms with Gasteiger partial charge in [-0.3, -0.25) is 4.79 Å². The first-order chi connectivity index (χ1) is 10.7. The van der Waals surface area contributed by atoms with Gasteiger partial charge in [0.05, 0.1) is 0 Å². The number of carbonyl (C=O) groups is 1. The van der Waals surface area contributed by atoms with E-state index in [9.17, 15) is 4.79 Å². The van der Waals surface area contributed by atoms with Crippen molar-refractivity contribution in [2.24, 2.45) is 0 Å². The van der Waals surface area contributed by atoms with Crippen molar-refractivity contribution in [3.05, 3.63) is 53.6 Å². The van der Waals surface area contributed by atoms with Crippen molar-refractivity contribution in [1.29, 1.82) is 0 Å². The van der Waals surface area contributed by atoms with E-state index < -0.39 is 0 Å². The number of amides is 1. The summed E-state index contributed by atoms with van der Waals surface area (Å²) in [5, 5.41) is 0. The third-order valence-electron chi connectivity index (χ3n) is 4.22. The van der Waals surface area contributed by atoms with Gasteiger partial charge in [0.15, 0.2) is 11.5 Å². The molecule has 0 spiro atoms. The summed E-state index contributed by atoms with van der Waals surface area (Å²) in [5.41, 5.74) is 2.86. The maximum Gasteiger partial charge on any atom is 0.258 e. The third kappa shape index (κ3) is 2.03. The zero-order valence-corrected chi connectivity index (χ0v) is 12.4. The van der Waals surface area contributed by atoms with E-state index in [-0.39, 0.29) is 11.9 Å². The van der Waals surface area contributed by atoms with Gasteiger partial charge in [0, 0.05) is 17.3 Å². The second kappa shape index (κ2) is 5.05. The van der Waals surface area contributed by atoms with Crippen molar-refractivity contribution in [2.75, 3.05) is 18.1 Å². The maximum atomic E-state index is 12.9. The summed E-state index contributed by atoms with van der Waals surface area (Å²) in [6.07, 6.45) is 0.895. The zero-order valence-electron chi connectivity index (χ0n) is 12.4. The number of para-hydroxylation sites is 1. The molecule has 1 amide bonds. The molecule has 0 saturated carbocycles. The molecule has 2 aromatic rings. The third-order valence-corrected chi connectivity index (χ3v) is 4.22. The Morgan fingerprint density at radius 2 is 1.86 bits per heavy atom. The number of fused-ring (bicyclic) bond motifs is 2. The van der Waals surface area contributed by atoms with Crippen LogP contribution in [0.2, 0.25) is 0 Å². The van der Waals surface area contributed by atoms with Crippen LogP contribution < -0.4 is 14.4 Å². The summed E-state index contributed by atoms with van der Waals surface area (Å²) < 4.78 is 11.1. The lowest BCUT2D eigenvalue weighted by Gasteiger charge is -2.24. The van der Waals surface area contributed by atoms with E-state index in [4.69, 9.17) is 9.47 Å². The lowest BCUT2D eigenvalue weighted by molar-refractivity contribution is 0.0980. The Bertz CT molecular complexity index is 741.